The number of nitrogens with zero attached hydrogens (tertiary/aromatic N) is 1. The number of aromatic nitrogens is 1. The van der Waals surface area contributed by atoms with E-state index in [1.54, 1.807) is 30.3 Å². The van der Waals surface area contributed by atoms with Crippen molar-refractivity contribution in [2.45, 2.75) is 19.1 Å². The van der Waals surface area contributed by atoms with Crippen LogP contribution in [0.1, 0.15) is 33.5 Å². The predicted octanol–water partition coefficient (Wildman–Crippen LogP) is 4.36. The number of ether oxygens (including phenoxy) is 2. The summed E-state index contributed by atoms with van der Waals surface area (Å²) in [5, 5.41) is 4.30. The van der Waals surface area contributed by atoms with Gasteiger partial charge in [-0.2, -0.15) is 0 Å². The molecule has 2 heterocycles. The van der Waals surface area contributed by atoms with Crippen molar-refractivity contribution in [3.05, 3.63) is 82.2 Å². The van der Waals surface area contributed by atoms with E-state index in [1.165, 1.54) is 0 Å². The van der Waals surface area contributed by atoms with Gasteiger partial charge in [0.25, 0.3) is 0 Å². The topological polar surface area (TPSA) is 61.6 Å². The summed E-state index contributed by atoms with van der Waals surface area (Å²) in [4.78, 5) is 12.1. The van der Waals surface area contributed by atoms with E-state index in [-0.39, 0.29) is 12.7 Å². The molecule has 1 atom stereocenters. The van der Waals surface area contributed by atoms with Crippen LogP contribution >= 0.6 is 11.6 Å². The first-order valence-corrected chi connectivity index (χ1v) is 8.20. The lowest BCUT2D eigenvalue weighted by molar-refractivity contribution is 0.0464. The highest BCUT2D eigenvalue weighted by Crippen LogP contribution is 2.36. The molecule has 25 heavy (non-hydrogen) atoms. The number of carbonyl (C=O) groups is 1. The number of carbonyl (C=O) groups excluding carboxylic acids is 1. The summed E-state index contributed by atoms with van der Waals surface area (Å²) in [7, 11) is 0. The summed E-state index contributed by atoms with van der Waals surface area (Å²) in [5.41, 5.74) is 1.98. The molecule has 0 saturated heterocycles. The molecule has 0 saturated carbocycles. The molecule has 0 aliphatic carbocycles. The number of hydrogen-bond donors (Lipinski definition) is 0. The molecule has 5 nitrogen and oxygen atoms in total. The summed E-state index contributed by atoms with van der Waals surface area (Å²) in [5.74, 6) is 0.968. The second-order valence-electron chi connectivity index (χ2n) is 5.69. The van der Waals surface area contributed by atoms with Crippen molar-refractivity contribution in [1.29, 1.82) is 0 Å². The normalized spacial score (nSPS) is 15.5. The van der Waals surface area contributed by atoms with Crippen LogP contribution in [-0.4, -0.2) is 11.1 Å². The average Bonchev–Trinajstić information content (AvgIpc) is 3.26. The first-order valence-electron chi connectivity index (χ1n) is 7.82. The Hall–Kier alpha value is -2.79. The lowest BCUT2D eigenvalue weighted by Crippen LogP contribution is -2.06. The van der Waals surface area contributed by atoms with Gasteiger partial charge in [-0.15, -0.1) is 0 Å². The minimum Gasteiger partial charge on any atom is -0.482 e. The molecule has 2 aromatic carbocycles. The highest BCUT2D eigenvalue weighted by Gasteiger charge is 2.27. The molecule has 1 aromatic heterocycles. The Morgan fingerprint density at radius 1 is 1.20 bits per heavy atom. The molecule has 1 unspecified atom stereocenters. The van der Waals surface area contributed by atoms with E-state index in [1.807, 2.05) is 24.3 Å². The lowest BCUT2D eigenvalue weighted by atomic mass is 10.1. The van der Waals surface area contributed by atoms with Gasteiger partial charge >= 0.3 is 5.97 Å². The van der Waals surface area contributed by atoms with Gasteiger partial charge in [-0.3, -0.25) is 0 Å². The minimum absolute atomic E-state index is 0.00717. The van der Waals surface area contributed by atoms with Crippen LogP contribution in [0.3, 0.4) is 0 Å². The molecule has 0 spiro atoms. The Labute approximate surface area is 149 Å². The fourth-order valence-electron chi connectivity index (χ4n) is 2.73. The van der Waals surface area contributed by atoms with Gasteiger partial charge in [0.1, 0.15) is 18.1 Å². The van der Waals surface area contributed by atoms with Crippen LogP contribution in [0.2, 0.25) is 5.02 Å². The van der Waals surface area contributed by atoms with Crippen LogP contribution < -0.4 is 4.74 Å². The summed E-state index contributed by atoms with van der Waals surface area (Å²) < 4.78 is 16.5. The van der Waals surface area contributed by atoms with Crippen molar-refractivity contribution < 1.29 is 18.8 Å². The van der Waals surface area contributed by atoms with Crippen LogP contribution in [-0.2, 0) is 17.8 Å². The van der Waals surface area contributed by atoms with Gasteiger partial charge in [-0.1, -0.05) is 47.1 Å². The van der Waals surface area contributed by atoms with E-state index in [0.29, 0.717) is 22.0 Å². The summed E-state index contributed by atoms with van der Waals surface area (Å²) in [6, 6.07) is 16.3. The fraction of sp³-hybridized carbons (Fsp3) is 0.158. The van der Waals surface area contributed by atoms with E-state index in [2.05, 4.69) is 5.16 Å². The second kappa shape index (κ2) is 6.61. The van der Waals surface area contributed by atoms with Crippen LogP contribution in [0, 0.1) is 0 Å². The second-order valence-corrected chi connectivity index (χ2v) is 6.10. The average molecular weight is 356 g/mol. The highest BCUT2D eigenvalue weighted by molar-refractivity contribution is 6.33. The van der Waals surface area contributed by atoms with Crippen molar-refractivity contribution in [1.82, 2.24) is 5.16 Å². The van der Waals surface area contributed by atoms with Crippen molar-refractivity contribution in [2.75, 3.05) is 0 Å². The van der Waals surface area contributed by atoms with Crippen molar-refractivity contribution in [3.8, 4) is 5.75 Å². The maximum atomic E-state index is 12.1. The lowest BCUT2D eigenvalue weighted by Gasteiger charge is -2.05. The molecule has 0 fully saturated rings. The van der Waals surface area contributed by atoms with Gasteiger partial charge in [-0.25, -0.2) is 4.79 Å². The SMILES string of the molecule is O=C(OCc1cc(C2Cc3ccccc3O2)on1)c1ccccc1Cl. The van der Waals surface area contributed by atoms with E-state index in [9.17, 15) is 4.79 Å². The molecule has 126 valence electrons. The number of para-hydroxylation sites is 1. The Morgan fingerprint density at radius 3 is 2.84 bits per heavy atom. The maximum Gasteiger partial charge on any atom is 0.340 e. The largest absolute Gasteiger partial charge is 0.482 e. The van der Waals surface area contributed by atoms with Crippen molar-refractivity contribution in [3.63, 3.8) is 0 Å². The quantitative estimate of drug-likeness (QED) is 0.651. The molecule has 6 heteroatoms. The number of benzene rings is 2. The van der Waals surface area contributed by atoms with Crippen LogP contribution in [0.4, 0.5) is 0 Å². The number of halogens is 1. The third-order valence-corrected chi connectivity index (χ3v) is 4.32. The standard InChI is InChI=1S/C19H14ClNO4/c20-15-7-3-2-6-14(15)19(22)23-11-13-10-18(25-21-13)17-9-12-5-1-4-8-16(12)24-17/h1-8,10,17H,9,11H2. The predicted molar refractivity (Wildman–Crippen MR) is 90.6 cm³/mol. The first kappa shape index (κ1) is 15.7. The van der Waals surface area contributed by atoms with Gasteiger partial charge in [-0.05, 0) is 23.8 Å². The molecule has 0 radical (unpaired) electrons. The monoisotopic (exact) mass is 355 g/mol. The van der Waals surface area contributed by atoms with Crippen LogP contribution in [0.25, 0.3) is 0 Å². The van der Waals surface area contributed by atoms with Gasteiger partial charge in [0.2, 0.25) is 0 Å². The Bertz CT molecular complexity index is 896. The van der Waals surface area contributed by atoms with Crippen LogP contribution in [0.15, 0.2) is 59.1 Å². The van der Waals surface area contributed by atoms with Crippen molar-refractivity contribution >= 4 is 17.6 Å². The smallest absolute Gasteiger partial charge is 0.340 e. The third kappa shape index (κ3) is 3.23. The Kier molecular flexibility index (Phi) is 4.15. The summed E-state index contributed by atoms with van der Waals surface area (Å²) in [6.07, 6.45) is 0.516. The summed E-state index contributed by atoms with van der Waals surface area (Å²) in [6.45, 7) is 0.00717. The Morgan fingerprint density at radius 2 is 2.00 bits per heavy atom. The number of fused-ring (bicyclic) bond motifs is 1. The molecule has 0 N–H and O–H groups in total. The highest BCUT2D eigenvalue weighted by atomic mass is 35.5. The third-order valence-electron chi connectivity index (χ3n) is 3.99. The molecule has 1 aliphatic rings. The maximum absolute atomic E-state index is 12.1. The van der Waals surface area contributed by atoms with E-state index >= 15 is 0 Å². The molecule has 1 aliphatic heterocycles. The van der Waals surface area contributed by atoms with E-state index in [0.717, 1.165) is 17.7 Å². The fourth-order valence-corrected chi connectivity index (χ4v) is 2.95. The zero-order valence-corrected chi connectivity index (χ0v) is 13.9. The van der Waals surface area contributed by atoms with Gasteiger partial charge in [0.05, 0.1) is 10.6 Å². The molecular formula is C19H14ClNO4. The number of esters is 1. The van der Waals surface area contributed by atoms with Gasteiger partial charge < -0.3 is 14.0 Å². The van der Waals surface area contributed by atoms with Crippen LogP contribution in [0.5, 0.6) is 5.75 Å². The number of hydrogen-bond acceptors (Lipinski definition) is 5. The number of rotatable bonds is 4. The van der Waals surface area contributed by atoms with Crippen molar-refractivity contribution in [2.24, 2.45) is 0 Å². The molecule has 0 bridgehead atoms. The van der Waals surface area contributed by atoms with E-state index in [4.69, 9.17) is 25.6 Å². The molecule has 4 rings (SSSR count). The van der Waals surface area contributed by atoms with Gasteiger partial charge in [0, 0.05) is 12.5 Å². The summed E-state index contributed by atoms with van der Waals surface area (Å²) >= 11 is 5.98. The zero-order valence-electron chi connectivity index (χ0n) is 13.1. The van der Waals surface area contributed by atoms with Gasteiger partial charge in [0.15, 0.2) is 11.9 Å². The molecule has 3 aromatic rings. The zero-order chi connectivity index (χ0) is 17.2. The Balaban J connectivity index is 1.40. The molecule has 0 amide bonds. The molecular weight excluding hydrogens is 342 g/mol. The minimum atomic E-state index is -0.500. The van der Waals surface area contributed by atoms with E-state index < -0.39 is 5.97 Å². The first-order chi connectivity index (χ1) is 12.2.